The molecule has 4 bridgehead atoms. The molecule has 3 amide bonds. The maximum absolute atomic E-state index is 14.9. The predicted octanol–water partition coefficient (Wildman–Crippen LogP) is 4.97. The molecule has 3 aromatic rings. The third kappa shape index (κ3) is 7.47. The number of likely N-dealkylation sites (N-methyl/N-ethyl adjacent to an activating group) is 2. The van der Waals surface area contributed by atoms with Crippen LogP contribution in [-0.2, 0) is 27.3 Å². The molecule has 0 radical (unpaired) electrons. The van der Waals surface area contributed by atoms with Crippen LogP contribution in [0.1, 0.15) is 56.1 Å². The number of aliphatic hydroxyl groups excluding tert-OH is 1. The summed E-state index contributed by atoms with van der Waals surface area (Å²) in [5.74, 6) is 0.487. The van der Waals surface area contributed by atoms with Gasteiger partial charge in [0.05, 0.1) is 11.5 Å². The number of nitrogens with zero attached hydrogens (tertiary/aromatic N) is 4. The van der Waals surface area contributed by atoms with Crippen LogP contribution in [-0.4, -0.2) is 114 Å². The molecule has 9 rings (SSSR count). The van der Waals surface area contributed by atoms with E-state index in [1.54, 1.807) is 22.9 Å². The van der Waals surface area contributed by atoms with Crippen LogP contribution in [0.4, 0.5) is 0 Å². The standard InChI is InChI=1S/C43H54ClN5O4/c1-46-13-15-48(16-14-46)28-42-21-30-17-31(22-42)24-43(23-30,27-42)41(53)49-26-35(50)20-38(49)39(51)45-37(19-29-11-12-32-7-3-4-8-33(32)18-29)40(52)47(2)25-34-9-5-6-10-36(34)44/h3-12,18,30-31,35,37-38,50H,13-17,19-28H2,1-2H3,(H,45,51)/t30?,31?,35-,37?,38?,42?,43?/m1/s1. The Balaban J connectivity index is 1.02. The Morgan fingerprint density at radius 1 is 0.925 bits per heavy atom. The average Bonchev–Trinajstić information content (AvgIpc) is 3.53. The van der Waals surface area contributed by atoms with E-state index in [1.807, 2.05) is 48.5 Å². The number of rotatable bonds is 10. The fourth-order valence-electron chi connectivity index (χ4n) is 11.3. The smallest absolute Gasteiger partial charge is 0.245 e. The summed E-state index contributed by atoms with van der Waals surface area (Å²) in [6, 6.07) is 19.9. The Hall–Kier alpha value is -3.50. The summed E-state index contributed by atoms with van der Waals surface area (Å²) in [6.07, 6.45) is 5.87. The largest absolute Gasteiger partial charge is 0.391 e. The van der Waals surface area contributed by atoms with Gasteiger partial charge in [0.1, 0.15) is 12.1 Å². The number of carbonyl (C=O) groups excluding carboxylic acids is 3. The number of likely N-dealkylation sites (tertiary alicyclic amines) is 1. The third-order valence-electron chi connectivity index (χ3n) is 13.2. The van der Waals surface area contributed by atoms with E-state index in [4.69, 9.17) is 11.6 Å². The van der Waals surface area contributed by atoms with Gasteiger partial charge in [-0.2, -0.15) is 0 Å². The first-order valence-electron chi connectivity index (χ1n) is 19.6. The number of nitrogens with one attached hydrogen (secondary N) is 1. The number of carbonyl (C=O) groups is 3. The van der Waals surface area contributed by atoms with Gasteiger partial charge in [-0.15, -0.1) is 0 Å². The Labute approximate surface area is 318 Å². The van der Waals surface area contributed by atoms with Crippen LogP contribution in [0.3, 0.4) is 0 Å². The molecule has 2 saturated heterocycles. The van der Waals surface area contributed by atoms with Crippen LogP contribution in [0.2, 0.25) is 5.02 Å². The number of β-amino-alcohol motifs (C(OH)–C–C–N with tert-alkyl or cyclic N) is 1. The van der Waals surface area contributed by atoms with Crippen molar-refractivity contribution in [3.05, 3.63) is 82.9 Å². The van der Waals surface area contributed by atoms with Crippen LogP contribution in [0.25, 0.3) is 10.8 Å². The van der Waals surface area contributed by atoms with Crippen LogP contribution < -0.4 is 5.32 Å². The van der Waals surface area contributed by atoms with E-state index in [2.05, 4.69) is 34.3 Å². The maximum atomic E-state index is 14.9. The Kier molecular flexibility index (Phi) is 10.1. The Morgan fingerprint density at radius 2 is 1.62 bits per heavy atom. The van der Waals surface area contributed by atoms with Crippen molar-refractivity contribution in [3.63, 3.8) is 0 Å². The summed E-state index contributed by atoms with van der Waals surface area (Å²) >= 11 is 6.47. The van der Waals surface area contributed by atoms with Crippen molar-refractivity contribution in [2.24, 2.45) is 22.7 Å². The van der Waals surface area contributed by atoms with Gasteiger partial charge in [0, 0.05) is 70.7 Å². The number of halogens is 1. The van der Waals surface area contributed by atoms with Gasteiger partial charge in [-0.05, 0) is 90.8 Å². The summed E-state index contributed by atoms with van der Waals surface area (Å²) in [6.45, 7) is 5.79. The summed E-state index contributed by atoms with van der Waals surface area (Å²) in [5.41, 5.74) is 1.38. The van der Waals surface area contributed by atoms with Crippen molar-refractivity contribution in [1.82, 2.24) is 24.9 Å². The minimum Gasteiger partial charge on any atom is -0.391 e. The normalized spacial score (nSPS) is 30.5. The van der Waals surface area contributed by atoms with E-state index in [0.717, 1.165) is 73.9 Å². The third-order valence-corrected chi connectivity index (χ3v) is 13.6. The highest BCUT2D eigenvalue weighted by molar-refractivity contribution is 6.31. The lowest BCUT2D eigenvalue weighted by atomic mass is 9.43. The lowest BCUT2D eigenvalue weighted by Gasteiger charge is -2.63. The van der Waals surface area contributed by atoms with Crippen molar-refractivity contribution in [2.45, 2.75) is 76.1 Å². The van der Waals surface area contributed by atoms with E-state index in [1.165, 1.54) is 19.3 Å². The highest BCUT2D eigenvalue weighted by Gasteiger charge is 2.62. The first kappa shape index (κ1) is 36.5. The zero-order valence-electron chi connectivity index (χ0n) is 31.2. The molecule has 53 heavy (non-hydrogen) atoms. The second-order valence-electron chi connectivity index (χ2n) is 17.4. The summed E-state index contributed by atoms with van der Waals surface area (Å²) < 4.78 is 0. The van der Waals surface area contributed by atoms with E-state index in [0.29, 0.717) is 16.9 Å². The molecule has 4 unspecified atom stereocenters. The Bertz CT molecular complexity index is 1850. The van der Waals surface area contributed by atoms with Gasteiger partial charge in [0.15, 0.2) is 0 Å². The SMILES string of the molecule is CN1CCN(CC23CC4CC(C2)CC(C(=O)N2C[C@H](O)CC2C(=O)NC(Cc2ccc5ccccc5c2)C(=O)N(C)Cc2ccccc2Cl)(C4)C3)CC1. The molecule has 0 spiro atoms. The van der Waals surface area contributed by atoms with Crippen molar-refractivity contribution in [2.75, 3.05) is 53.4 Å². The lowest BCUT2D eigenvalue weighted by Crippen LogP contribution is -2.62. The predicted molar refractivity (Wildman–Crippen MR) is 207 cm³/mol. The van der Waals surface area contributed by atoms with Crippen LogP contribution in [0, 0.1) is 22.7 Å². The molecule has 10 heteroatoms. The quantitative estimate of drug-likeness (QED) is 0.305. The summed E-state index contributed by atoms with van der Waals surface area (Å²) in [4.78, 5) is 51.9. The Morgan fingerprint density at radius 3 is 2.36 bits per heavy atom. The average molecular weight is 740 g/mol. The molecule has 4 saturated carbocycles. The first-order valence-corrected chi connectivity index (χ1v) is 20.0. The fourth-order valence-corrected chi connectivity index (χ4v) is 11.5. The van der Waals surface area contributed by atoms with E-state index in [9.17, 15) is 19.5 Å². The minimum atomic E-state index is -0.878. The molecule has 6 aliphatic rings. The number of hydrogen-bond donors (Lipinski definition) is 2. The highest BCUT2D eigenvalue weighted by atomic mass is 35.5. The van der Waals surface area contributed by atoms with Gasteiger partial charge in [-0.3, -0.25) is 14.4 Å². The molecule has 5 atom stereocenters. The number of aliphatic hydroxyl groups is 1. The number of amides is 3. The van der Waals surface area contributed by atoms with E-state index >= 15 is 0 Å². The molecule has 2 aliphatic heterocycles. The minimum absolute atomic E-state index is 0.0410. The summed E-state index contributed by atoms with van der Waals surface area (Å²) in [7, 11) is 3.92. The molecule has 282 valence electrons. The first-order chi connectivity index (χ1) is 25.5. The van der Waals surface area contributed by atoms with Gasteiger partial charge in [0.2, 0.25) is 17.7 Å². The van der Waals surface area contributed by atoms with Gasteiger partial charge >= 0.3 is 0 Å². The van der Waals surface area contributed by atoms with Gasteiger partial charge in [0.25, 0.3) is 0 Å². The topological polar surface area (TPSA) is 96.4 Å². The fraction of sp³-hybridized carbons (Fsp3) is 0.558. The lowest BCUT2D eigenvalue weighted by molar-refractivity contribution is -0.172. The number of hydrogen-bond acceptors (Lipinski definition) is 6. The van der Waals surface area contributed by atoms with Crippen LogP contribution in [0.15, 0.2) is 66.7 Å². The van der Waals surface area contributed by atoms with Crippen LogP contribution >= 0.6 is 11.6 Å². The van der Waals surface area contributed by atoms with E-state index in [-0.39, 0.29) is 49.1 Å². The molecular formula is C43H54ClN5O4. The van der Waals surface area contributed by atoms with Crippen LogP contribution in [0.5, 0.6) is 0 Å². The molecule has 3 aromatic carbocycles. The molecule has 2 N–H and O–H groups in total. The van der Waals surface area contributed by atoms with Gasteiger partial charge in [-0.25, -0.2) is 0 Å². The van der Waals surface area contributed by atoms with E-state index < -0.39 is 23.6 Å². The number of benzene rings is 3. The van der Waals surface area contributed by atoms with Crippen molar-refractivity contribution >= 4 is 40.1 Å². The van der Waals surface area contributed by atoms with Gasteiger partial charge in [-0.1, -0.05) is 72.3 Å². The summed E-state index contributed by atoms with van der Waals surface area (Å²) in [5, 5.41) is 16.9. The maximum Gasteiger partial charge on any atom is 0.245 e. The van der Waals surface area contributed by atoms with Crippen molar-refractivity contribution < 1.29 is 19.5 Å². The monoisotopic (exact) mass is 739 g/mol. The van der Waals surface area contributed by atoms with Crippen molar-refractivity contribution in [1.29, 1.82) is 0 Å². The number of fused-ring (bicyclic) bond motifs is 1. The zero-order valence-corrected chi connectivity index (χ0v) is 31.9. The molecule has 2 heterocycles. The second-order valence-corrected chi connectivity index (χ2v) is 17.8. The molecular weight excluding hydrogens is 686 g/mol. The number of piperazine rings is 1. The molecule has 9 nitrogen and oxygen atoms in total. The highest BCUT2D eigenvalue weighted by Crippen LogP contribution is 2.66. The molecule has 4 aliphatic carbocycles. The van der Waals surface area contributed by atoms with Gasteiger partial charge < -0.3 is 30.0 Å². The molecule has 6 fully saturated rings. The van der Waals surface area contributed by atoms with Crippen molar-refractivity contribution in [3.8, 4) is 0 Å². The molecule has 0 aromatic heterocycles. The second kappa shape index (κ2) is 14.6. The zero-order chi connectivity index (χ0) is 36.9.